The maximum atomic E-state index is 13.3. The quantitative estimate of drug-likeness (QED) is 0.251. The van der Waals surface area contributed by atoms with Gasteiger partial charge < -0.3 is 26.6 Å². The van der Waals surface area contributed by atoms with Crippen LogP contribution in [0.15, 0.2) is 18.3 Å². The average molecular weight is 573 g/mol. The molecule has 1 aliphatic rings. The highest BCUT2D eigenvalue weighted by molar-refractivity contribution is 6.38. The molecule has 0 spiro atoms. The molecule has 0 aliphatic heterocycles. The highest BCUT2D eigenvalue weighted by Crippen LogP contribution is 2.21. The molecule has 0 bridgehead atoms. The topological polar surface area (TPSA) is 175 Å². The van der Waals surface area contributed by atoms with Crippen LogP contribution in [0.1, 0.15) is 90.9 Å². The number of nitrogens with one attached hydrogen (secondary N) is 5. The third-order valence-electron chi connectivity index (χ3n) is 6.89. The summed E-state index contributed by atoms with van der Waals surface area (Å²) in [6.07, 6.45) is 6.11. The predicted octanol–water partition coefficient (Wildman–Crippen LogP) is 1.85. The molecule has 1 unspecified atom stereocenters. The van der Waals surface area contributed by atoms with E-state index in [1.165, 1.54) is 32.2 Å². The van der Waals surface area contributed by atoms with E-state index in [2.05, 4.69) is 31.6 Å². The molecule has 1 aromatic rings. The van der Waals surface area contributed by atoms with Gasteiger partial charge in [-0.1, -0.05) is 53.9 Å². The number of hydrogen-bond acceptors (Lipinski definition) is 7. The number of anilines is 1. The molecular formula is C29H44N6O6. The van der Waals surface area contributed by atoms with Crippen LogP contribution >= 0.6 is 0 Å². The van der Waals surface area contributed by atoms with Crippen LogP contribution in [0, 0.1) is 11.3 Å². The fraction of sp³-hybridized carbons (Fsp3) is 0.621. The van der Waals surface area contributed by atoms with Crippen molar-refractivity contribution in [2.75, 3.05) is 5.32 Å². The van der Waals surface area contributed by atoms with E-state index in [1.54, 1.807) is 34.6 Å². The number of nitrogens with zero attached hydrogens (tertiary/aromatic N) is 1. The van der Waals surface area contributed by atoms with Crippen molar-refractivity contribution in [1.29, 1.82) is 0 Å². The van der Waals surface area contributed by atoms with E-state index < -0.39 is 53.0 Å². The summed E-state index contributed by atoms with van der Waals surface area (Å²) in [5.41, 5.74) is -0.557. The molecule has 1 fully saturated rings. The summed E-state index contributed by atoms with van der Waals surface area (Å²) in [5.74, 6) is -3.78. The van der Waals surface area contributed by atoms with Crippen LogP contribution in [0.3, 0.4) is 0 Å². The zero-order valence-corrected chi connectivity index (χ0v) is 25.1. The van der Waals surface area contributed by atoms with Crippen molar-refractivity contribution < 1.29 is 28.8 Å². The van der Waals surface area contributed by atoms with Crippen molar-refractivity contribution in [3.8, 4) is 0 Å². The second-order valence-corrected chi connectivity index (χ2v) is 12.0. The highest BCUT2D eigenvalue weighted by atomic mass is 16.2. The van der Waals surface area contributed by atoms with Crippen molar-refractivity contribution >= 4 is 41.1 Å². The lowest BCUT2D eigenvalue weighted by molar-refractivity contribution is -0.141. The first-order valence-corrected chi connectivity index (χ1v) is 14.1. The number of carbonyl (C=O) groups is 6. The minimum Gasteiger partial charge on any atom is -0.347 e. The number of Topliss-reactive ketones (excluding diaryl/α,β-unsaturated/α-hetero) is 1. The minimum absolute atomic E-state index is 0.0457. The summed E-state index contributed by atoms with van der Waals surface area (Å²) >= 11 is 0. The number of amides is 5. The lowest BCUT2D eigenvalue weighted by atomic mass is 9.85. The van der Waals surface area contributed by atoms with E-state index >= 15 is 0 Å². The Balaban J connectivity index is 2.06. The first-order valence-electron chi connectivity index (χ1n) is 14.1. The van der Waals surface area contributed by atoms with Crippen LogP contribution in [0.5, 0.6) is 0 Å². The Morgan fingerprint density at radius 3 is 2.10 bits per heavy atom. The number of ketones is 1. The Bertz CT molecular complexity index is 1140. The van der Waals surface area contributed by atoms with E-state index in [9.17, 15) is 28.8 Å². The summed E-state index contributed by atoms with van der Waals surface area (Å²) in [6, 6.07) is -0.373. The van der Waals surface area contributed by atoms with Gasteiger partial charge in [-0.15, -0.1) is 0 Å². The van der Waals surface area contributed by atoms with Gasteiger partial charge in [0.2, 0.25) is 23.5 Å². The Hall–Kier alpha value is -3.83. The Kier molecular flexibility index (Phi) is 12.0. The van der Waals surface area contributed by atoms with Gasteiger partial charge in [0.15, 0.2) is 0 Å². The fourth-order valence-electron chi connectivity index (χ4n) is 4.53. The molecular weight excluding hydrogens is 528 g/mol. The summed E-state index contributed by atoms with van der Waals surface area (Å²) in [7, 11) is 0. The normalized spacial score (nSPS) is 16.1. The number of hydrogen-bond donors (Lipinski definition) is 5. The third-order valence-corrected chi connectivity index (χ3v) is 6.89. The van der Waals surface area contributed by atoms with Crippen molar-refractivity contribution in [1.82, 2.24) is 26.3 Å². The minimum atomic E-state index is -1.06. The molecule has 1 aromatic heterocycles. The standard InChI is InChI=1S/C29H44N6O6/c1-16(2)22(23(37)27(40)33-20-11-9-8-10-12-20)34-25(38)17(3)31-28(41)24(29(5,6)7)35-26(39)19-13-14-30-21(15-19)32-18(4)36/h13-17,20,22,24H,8-12H2,1-7H3,(H,31,41)(H,33,40)(H,34,38)(H,35,39)(H,30,32,36)/t17-,22-,24?/m0/s1. The molecule has 5 N–H and O–H groups in total. The molecule has 0 saturated heterocycles. The molecule has 12 nitrogen and oxygen atoms in total. The summed E-state index contributed by atoms with van der Waals surface area (Å²) in [5, 5.41) is 13.2. The maximum absolute atomic E-state index is 13.3. The molecule has 0 aromatic carbocycles. The molecule has 0 radical (unpaired) electrons. The van der Waals surface area contributed by atoms with Crippen molar-refractivity contribution in [3.05, 3.63) is 23.9 Å². The van der Waals surface area contributed by atoms with Crippen molar-refractivity contribution in [3.63, 3.8) is 0 Å². The van der Waals surface area contributed by atoms with E-state index in [0.717, 1.165) is 32.1 Å². The largest absolute Gasteiger partial charge is 0.347 e. The van der Waals surface area contributed by atoms with Crippen LogP contribution in [-0.2, 0) is 24.0 Å². The molecule has 1 heterocycles. The second kappa shape index (κ2) is 14.7. The van der Waals surface area contributed by atoms with Crippen LogP contribution in [0.25, 0.3) is 0 Å². The number of pyridine rings is 1. The monoisotopic (exact) mass is 572 g/mol. The molecule has 3 atom stereocenters. The Morgan fingerprint density at radius 1 is 0.902 bits per heavy atom. The molecule has 12 heteroatoms. The predicted molar refractivity (Wildman–Crippen MR) is 154 cm³/mol. The van der Waals surface area contributed by atoms with Gasteiger partial charge in [0.25, 0.3) is 11.8 Å². The van der Waals surface area contributed by atoms with Gasteiger partial charge in [-0.2, -0.15) is 0 Å². The van der Waals surface area contributed by atoms with E-state index in [0.29, 0.717) is 0 Å². The second-order valence-electron chi connectivity index (χ2n) is 12.0. The zero-order valence-electron chi connectivity index (χ0n) is 25.1. The lowest BCUT2D eigenvalue weighted by Gasteiger charge is -2.31. The first-order chi connectivity index (χ1) is 19.1. The van der Waals surface area contributed by atoms with E-state index in [-0.39, 0.29) is 29.2 Å². The van der Waals surface area contributed by atoms with Crippen LogP contribution in [0.2, 0.25) is 0 Å². The van der Waals surface area contributed by atoms with Crippen LogP contribution < -0.4 is 26.6 Å². The van der Waals surface area contributed by atoms with Crippen LogP contribution in [-0.4, -0.2) is 64.5 Å². The summed E-state index contributed by atoms with van der Waals surface area (Å²) in [4.78, 5) is 80.1. The van der Waals surface area contributed by atoms with Gasteiger partial charge in [0.1, 0.15) is 17.9 Å². The summed E-state index contributed by atoms with van der Waals surface area (Å²) < 4.78 is 0. The van der Waals surface area contributed by atoms with Gasteiger partial charge in [0.05, 0.1) is 6.04 Å². The van der Waals surface area contributed by atoms with Crippen LogP contribution in [0.4, 0.5) is 5.82 Å². The van der Waals surface area contributed by atoms with Gasteiger partial charge in [-0.25, -0.2) is 4.98 Å². The Labute approximate surface area is 241 Å². The maximum Gasteiger partial charge on any atom is 0.289 e. The van der Waals surface area contributed by atoms with Crippen molar-refractivity contribution in [2.24, 2.45) is 11.3 Å². The molecule has 1 aliphatic carbocycles. The summed E-state index contributed by atoms with van der Waals surface area (Å²) in [6.45, 7) is 11.5. The molecule has 1 saturated carbocycles. The molecule has 41 heavy (non-hydrogen) atoms. The smallest absolute Gasteiger partial charge is 0.289 e. The molecule has 5 amide bonds. The number of rotatable bonds is 11. The van der Waals surface area contributed by atoms with E-state index in [4.69, 9.17) is 0 Å². The van der Waals surface area contributed by atoms with Crippen molar-refractivity contribution in [2.45, 2.75) is 105 Å². The number of carbonyl (C=O) groups excluding carboxylic acids is 6. The number of aromatic nitrogens is 1. The van der Waals surface area contributed by atoms with Gasteiger partial charge in [-0.3, -0.25) is 28.8 Å². The lowest BCUT2D eigenvalue weighted by Crippen LogP contribution is -2.59. The Morgan fingerprint density at radius 2 is 1.54 bits per heavy atom. The molecule has 2 rings (SSSR count). The third kappa shape index (κ3) is 10.3. The van der Waals surface area contributed by atoms with Gasteiger partial charge in [-0.05, 0) is 43.2 Å². The first kappa shape index (κ1) is 33.4. The molecule has 226 valence electrons. The zero-order chi connectivity index (χ0) is 30.9. The van der Waals surface area contributed by atoms with E-state index in [1.807, 2.05) is 0 Å². The SMILES string of the molecule is CC(=O)Nc1cc(C(=O)NC(C(=O)N[C@@H](C)C(=O)N[C@H](C(=O)C(=O)NC2CCCCC2)C(C)C)C(C)(C)C)ccn1. The van der Waals surface area contributed by atoms with Gasteiger partial charge >= 0.3 is 0 Å². The fourth-order valence-corrected chi connectivity index (χ4v) is 4.53. The highest BCUT2D eigenvalue weighted by Gasteiger charge is 2.36. The average Bonchev–Trinajstić information content (AvgIpc) is 2.89. The van der Waals surface area contributed by atoms with Gasteiger partial charge in [0, 0.05) is 24.7 Å².